The average molecular weight is 367 g/mol. The zero-order chi connectivity index (χ0) is 19.7. The summed E-state index contributed by atoms with van der Waals surface area (Å²) in [5.41, 5.74) is -0.271. The molecule has 1 atom stereocenters. The molecular formula is C19H38N6O. The molecule has 7 heteroatoms. The lowest BCUT2D eigenvalue weighted by atomic mass is 10.0. The van der Waals surface area contributed by atoms with Gasteiger partial charge in [-0.2, -0.15) is 5.10 Å². The molecule has 0 aliphatic carbocycles. The molecule has 0 spiro atoms. The Bertz CT molecular complexity index is 542. The Hall–Kier alpha value is -1.60. The number of nitrogens with zero attached hydrogens (tertiary/aromatic N) is 4. The maximum Gasteiger partial charge on any atom is 0.191 e. The van der Waals surface area contributed by atoms with Gasteiger partial charge in [0.15, 0.2) is 5.96 Å². The molecule has 0 radical (unpaired) electrons. The van der Waals surface area contributed by atoms with Gasteiger partial charge in [-0.05, 0) is 48.0 Å². The molecule has 0 amide bonds. The van der Waals surface area contributed by atoms with E-state index < -0.39 is 5.60 Å². The fraction of sp³-hybridized carbons (Fsp3) is 0.789. The van der Waals surface area contributed by atoms with Gasteiger partial charge >= 0.3 is 0 Å². The predicted octanol–water partition coefficient (Wildman–Crippen LogP) is 1.69. The van der Waals surface area contributed by atoms with E-state index in [1.165, 1.54) is 0 Å². The predicted molar refractivity (Wildman–Crippen MR) is 108 cm³/mol. The summed E-state index contributed by atoms with van der Waals surface area (Å²) in [5.74, 6) is 0.734. The molecule has 3 N–H and O–H groups in total. The number of hydrogen-bond donors (Lipinski definition) is 3. The molecule has 0 saturated carbocycles. The van der Waals surface area contributed by atoms with Gasteiger partial charge in [0.05, 0.1) is 12.7 Å². The van der Waals surface area contributed by atoms with Gasteiger partial charge in [0, 0.05) is 50.5 Å². The van der Waals surface area contributed by atoms with Crippen LogP contribution in [-0.2, 0) is 12.6 Å². The van der Waals surface area contributed by atoms with Gasteiger partial charge in [-0.3, -0.25) is 9.58 Å². The number of guanidine groups is 1. The molecule has 150 valence electrons. The number of aliphatic hydroxyl groups is 1. The summed E-state index contributed by atoms with van der Waals surface area (Å²) in [4.78, 5) is 7.04. The van der Waals surface area contributed by atoms with Crippen LogP contribution < -0.4 is 10.6 Å². The second-order valence-electron chi connectivity index (χ2n) is 7.58. The smallest absolute Gasteiger partial charge is 0.191 e. The molecule has 1 rings (SSSR count). The van der Waals surface area contributed by atoms with Crippen LogP contribution in [-0.4, -0.2) is 64.0 Å². The van der Waals surface area contributed by atoms with Gasteiger partial charge < -0.3 is 15.7 Å². The maximum absolute atomic E-state index is 10.7. The van der Waals surface area contributed by atoms with Crippen molar-refractivity contribution < 1.29 is 5.11 Å². The Morgan fingerprint density at radius 3 is 2.46 bits per heavy atom. The number of nitrogens with one attached hydrogen (secondary N) is 2. The molecule has 0 aliphatic rings. The van der Waals surface area contributed by atoms with Gasteiger partial charge in [0.2, 0.25) is 0 Å². The van der Waals surface area contributed by atoms with Crippen molar-refractivity contribution >= 4 is 5.96 Å². The van der Waals surface area contributed by atoms with E-state index >= 15 is 0 Å². The highest BCUT2D eigenvalue weighted by molar-refractivity contribution is 5.79. The number of hydrogen-bond acceptors (Lipinski definition) is 4. The van der Waals surface area contributed by atoms with Crippen molar-refractivity contribution in [3.63, 3.8) is 0 Å². The van der Waals surface area contributed by atoms with Gasteiger partial charge in [0.25, 0.3) is 0 Å². The first-order valence-electron chi connectivity index (χ1n) is 9.66. The van der Waals surface area contributed by atoms with Crippen LogP contribution in [0.4, 0.5) is 0 Å². The Kier molecular flexibility index (Phi) is 9.08. The van der Waals surface area contributed by atoms with Crippen LogP contribution in [0.5, 0.6) is 0 Å². The van der Waals surface area contributed by atoms with Crippen LogP contribution in [0.25, 0.3) is 0 Å². The maximum atomic E-state index is 10.7. The topological polar surface area (TPSA) is 77.7 Å². The Morgan fingerprint density at radius 2 is 1.96 bits per heavy atom. The molecule has 1 aromatic rings. The van der Waals surface area contributed by atoms with Gasteiger partial charge in [-0.25, -0.2) is 4.99 Å². The summed E-state index contributed by atoms with van der Waals surface area (Å²) in [7, 11) is 1.84. The first-order valence-corrected chi connectivity index (χ1v) is 9.66. The highest BCUT2D eigenvalue weighted by Gasteiger charge is 2.24. The molecule has 1 aromatic heterocycles. The lowest BCUT2D eigenvalue weighted by Gasteiger charge is -2.30. The van der Waals surface area contributed by atoms with Crippen LogP contribution in [0, 0.1) is 0 Å². The minimum atomic E-state index is -1.04. The van der Waals surface area contributed by atoms with E-state index in [4.69, 9.17) is 0 Å². The third kappa shape index (κ3) is 7.33. The van der Waals surface area contributed by atoms with Gasteiger partial charge in [-0.15, -0.1) is 0 Å². The zero-order valence-electron chi connectivity index (χ0n) is 17.6. The Balaban J connectivity index is 2.55. The molecule has 0 aromatic carbocycles. The van der Waals surface area contributed by atoms with Crippen LogP contribution in [0.2, 0.25) is 0 Å². The summed E-state index contributed by atoms with van der Waals surface area (Å²) in [5, 5.41) is 21.4. The Labute approximate surface area is 158 Å². The SMILES string of the molecule is CCNC(=NCC(C)(O)c1cnn(C)c1)NCCCN(C(C)C)C(C)C. The standard InChI is InChI=1S/C19H38N6O/c1-8-20-18(21-10-9-11-25(15(2)3)16(4)5)22-14-19(6,26)17-12-23-24(7)13-17/h12-13,15-16,26H,8-11,14H2,1-7H3,(H2,20,21,22). The van der Waals surface area contributed by atoms with E-state index in [1.54, 1.807) is 17.8 Å². The molecule has 0 bridgehead atoms. The highest BCUT2D eigenvalue weighted by Crippen LogP contribution is 2.19. The van der Waals surface area contributed by atoms with Gasteiger partial charge in [-0.1, -0.05) is 0 Å². The van der Waals surface area contributed by atoms with Crippen molar-refractivity contribution in [1.29, 1.82) is 0 Å². The monoisotopic (exact) mass is 366 g/mol. The van der Waals surface area contributed by atoms with E-state index in [-0.39, 0.29) is 6.54 Å². The molecule has 0 saturated heterocycles. The van der Waals surface area contributed by atoms with E-state index in [2.05, 4.69) is 53.3 Å². The average Bonchev–Trinajstić information content (AvgIpc) is 2.99. The Morgan fingerprint density at radius 1 is 1.31 bits per heavy atom. The fourth-order valence-corrected chi connectivity index (χ4v) is 2.95. The molecule has 1 heterocycles. The second-order valence-corrected chi connectivity index (χ2v) is 7.58. The van der Waals surface area contributed by atoms with Crippen LogP contribution >= 0.6 is 0 Å². The largest absolute Gasteiger partial charge is 0.383 e. The third-order valence-electron chi connectivity index (χ3n) is 4.43. The quantitative estimate of drug-likeness (QED) is 0.334. The van der Waals surface area contributed by atoms with E-state index in [0.29, 0.717) is 12.1 Å². The summed E-state index contributed by atoms with van der Waals surface area (Å²) < 4.78 is 1.69. The highest BCUT2D eigenvalue weighted by atomic mass is 16.3. The van der Waals surface area contributed by atoms with E-state index in [1.807, 2.05) is 20.2 Å². The molecule has 1 unspecified atom stereocenters. The molecule has 0 aliphatic heterocycles. The molecular weight excluding hydrogens is 328 g/mol. The minimum Gasteiger partial charge on any atom is -0.383 e. The van der Waals surface area contributed by atoms with Crippen molar-refractivity contribution in [3.8, 4) is 0 Å². The number of aliphatic imine (C=N–C) groups is 1. The first-order chi connectivity index (χ1) is 12.2. The lowest BCUT2D eigenvalue weighted by molar-refractivity contribution is 0.0671. The van der Waals surface area contributed by atoms with Crippen molar-refractivity contribution in [2.45, 2.75) is 65.6 Å². The third-order valence-corrected chi connectivity index (χ3v) is 4.43. The summed E-state index contributed by atoms with van der Waals surface area (Å²) >= 11 is 0. The van der Waals surface area contributed by atoms with Gasteiger partial charge in [0.1, 0.15) is 5.60 Å². The summed E-state index contributed by atoms with van der Waals surface area (Å²) in [6, 6.07) is 1.10. The number of aryl methyl sites for hydroxylation is 1. The van der Waals surface area contributed by atoms with Crippen molar-refractivity contribution in [2.75, 3.05) is 26.2 Å². The normalized spacial score (nSPS) is 15.0. The van der Waals surface area contributed by atoms with E-state index in [9.17, 15) is 5.11 Å². The second kappa shape index (κ2) is 10.5. The first kappa shape index (κ1) is 22.4. The lowest BCUT2D eigenvalue weighted by Crippen LogP contribution is -2.42. The summed E-state index contributed by atoms with van der Waals surface area (Å²) in [6.07, 6.45) is 4.55. The van der Waals surface area contributed by atoms with Crippen LogP contribution in [0.3, 0.4) is 0 Å². The van der Waals surface area contributed by atoms with Crippen molar-refractivity contribution in [2.24, 2.45) is 12.0 Å². The van der Waals surface area contributed by atoms with Crippen molar-refractivity contribution in [1.82, 2.24) is 25.3 Å². The number of rotatable bonds is 10. The minimum absolute atomic E-state index is 0.276. The van der Waals surface area contributed by atoms with Crippen LogP contribution in [0.1, 0.15) is 53.5 Å². The summed E-state index contributed by atoms with van der Waals surface area (Å²) in [6.45, 7) is 15.7. The molecule has 0 fully saturated rings. The zero-order valence-corrected chi connectivity index (χ0v) is 17.6. The fourth-order valence-electron chi connectivity index (χ4n) is 2.95. The van der Waals surface area contributed by atoms with E-state index in [0.717, 1.165) is 37.6 Å². The van der Waals surface area contributed by atoms with Crippen LogP contribution in [0.15, 0.2) is 17.4 Å². The molecule has 26 heavy (non-hydrogen) atoms. The van der Waals surface area contributed by atoms with Crippen molar-refractivity contribution in [3.05, 3.63) is 18.0 Å². The molecule has 7 nitrogen and oxygen atoms in total. The number of aromatic nitrogens is 2.